The number of rotatable bonds is 9. The SMILES string of the molecule is CC(C)(C)OC(=O)N1C[C@@H](C(F)Cc2ccccc2[N+](=O)[O-])OC[C@H]1CO[Si](c1ccccc1)(c1ccccc1)C(C)(C)C. The molecule has 3 atom stereocenters. The van der Waals surface area contributed by atoms with E-state index in [2.05, 4.69) is 45.0 Å². The molecular weight excluding hydrogens is 579 g/mol. The van der Waals surface area contributed by atoms with E-state index in [4.69, 9.17) is 13.9 Å². The van der Waals surface area contributed by atoms with Crippen LogP contribution in [0.4, 0.5) is 14.9 Å². The van der Waals surface area contributed by atoms with E-state index in [-0.39, 0.29) is 42.5 Å². The van der Waals surface area contributed by atoms with Crippen molar-refractivity contribution >= 4 is 30.5 Å². The molecule has 236 valence electrons. The van der Waals surface area contributed by atoms with E-state index in [1.807, 2.05) is 36.4 Å². The van der Waals surface area contributed by atoms with Crippen LogP contribution in [0.15, 0.2) is 84.9 Å². The molecule has 3 aromatic carbocycles. The number of nitrogens with zero attached hydrogens (tertiary/aromatic N) is 2. The van der Waals surface area contributed by atoms with Crippen molar-refractivity contribution in [1.29, 1.82) is 0 Å². The molecule has 44 heavy (non-hydrogen) atoms. The molecule has 1 amide bonds. The first-order chi connectivity index (χ1) is 20.7. The summed E-state index contributed by atoms with van der Waals surface area (Å²) in [6.07, 6.45) is -3.38. The number of ether oxygens (including phenoxy) is 2. The number of benzene rings is 3. The Kier molecular flexibility index (Phi) is 10.3. The van der Waals surface area contributed by atoms with E-state index in [0.717, 1.165) is 10.4 Å². The van der Waals surface area contributed by atoms with Crippen molar-refractivity contribution in [2.24, 2.45) is 0 Å². The van der Waals surface area contributed by atoms with Gasteiger partial charge in [-0.05, 0) is 36.2 Å². The van der Waals surface area contributed by atoms with Crippen molar-refractivity contribution in [3.63, 3.8) is 0 Å². The van der Waals surface area contributed by atoms with E-state index in [1.54, 1.807) is 39.0 Å². The number of nitro groups is 1. The predicted octanol–water partition coefficient (Wildman–Crippen LogP) is 6.06. The second-order valence-corrected chi connectivity index (χ2v) is 17.5. The fourth-order valence-electron chi connectivity index (χ4n) is 5.81. The van der Waals surface area contributed by atoms with Gasteiger partial charge in [0.1, 0.15) is 17.9 Å². The number of halogens is 1. The summed E-state index contributed by atoms with van der Waals surface area (Å²) in [6.45, 7) is 12.0. The maximum atomic E-state index is 15.7. The molecule has 1 aliphatic heterocycles. The van der Waals surface area contributed by atoms with Gasteiger partial charge in [-0.3, -0.25) is 15.0 Å². The number of hydrogen-bond donors (Lipinski definition) is 0. The van der Waals surface area contributed by atoms with Crippen LogP contribution in [0.5, 0.6) is 0 Å². The molecule has 1 unspecified atom stereocenters. The minimum Gasteiger partial charge on any atom is -0.444 e. The molecule has 0 N–H and O–H groups in total. The number of morpholine rings is 1. The molecule has 3 aromatic rings. The van der Waals surface area contributed by atoms with Crippen LogP contribution in [0, 0.1) is 10.1 Å². The Labute approximate surface area is 260 Å². The maximum Gasteiger partial charge on any atom is 0.410 e. The lowest BCUT2D eigenvalue weighted by Crippen LogP contribution is -2.68. The van der Waals surface area contributed by atoms with Crippen LogP contribution in [0.1, 0.15) is 47.1 Å². The van der Waals surface area contributed by atoms with E-state index in [1.165, 1.54) is 11.0 Å². The summed E-state index contributed by atoms with van der Waals surface area (Å²) in [5.41, 5.74) is -0.644. The Balaban J connectivity index is 1.63. The summed E-state index contributed by atoms with van der Waals surface area (Å²) in [7, 11) is -2.92. The second kappa shape index (κ2) is 13.6. The van der Waals surface area contributed by atoms with Gasteiger partial charge >= 0.3 is 6.09 Å². The van der Waals surface area contributed by atoms with Crippen molar-refractivity contribution in [2.45, 2.75) is 76.9 Å². The van der Waals surface area contributed by atoms with Crippen molar-refractivity contribution in [1.82, 2.24) is 4.90 Å². The van der Waals surface area contributed by atoms with Gasteiger partial charge in [0.2, 0.25) is 0 Å². The topological polar surface area (TPSA) is 91.1 Å². The van der Waals surface area contributed by atoms with E-state index in [0.29, 0.717) is 0 Å². The van der Waals surface area contributed by atoms with Gasteiger partial charge in [0, 0.05) is 18.1 Å². The highest BCUT2D eigenvalue weighted by molar-refractivity contribution is 6.99. The highest BCUT2D eigenvalue weighted by Crippen LogP contribution is 2.37. The molecule has 0 aliphatic carbocycles. The van der Waals surface area contributed by atoms with Crippen molar-refractivity contribution in [2.75, 3.05) is 19.8 Å². The fourth-order valence-corrected chi connectivity index (χ4v) is 10.4. The first-order valence-corrected chi connectivity index (χ1v) is 16.9. The molecule has 0 saturated carbocycles. The summed E-state index contributed by atoms with van der Waals surface area (Å²) in [5.74, 6) is 0. The zero-order valence-corrected chi connectivity index (χ0v) is 27.4. The minimum absolute atomic E-state index is 0.0272. The first kappa shape index (κ1) is 33.3. The van der Waals surface area contributed by atoms with Gasteiger partial charge in [-0.25, -0.2) is 9.18 Å². The van der Waals surface area contributed by atoms with Gasteiger partial charge < -0.3 is 13.9 Å². The molecule has 0 spiro atoms. The van der Waals surface area contributed by atoms with E-state index < -0.39 is 43.3 Å². The van der Waals surface area contributed by atoms with Crippen LogP contribution in [0.2, 0.25) is 5.04 Å². The lowest BCUT2D eigenvalue weighted by molar-refractivity contribution is -0.385. The standard InChI is InChI=1S/C34H43FN2O6Si/c1-33(2,3)43-32(38)36-22-31(29(35)21-25-15-13-14-20-30(25)37(39)40)41-23-26(36)24-42-44(34(4,5)6,27-16-9-7-10-17-27)28-18-11-8-12-19-28/h7-20,26,29,31H,21-24H2,1-6H3/t26-,29?,31-/m0/s1. The first-order valence-electron chi connectivity index (χ1n) is 15.0. The lowest BCUT2D eigenvalue weighted by atomic mass is 10.0. The average Bonchev–Trinajstić information content (AvgIpc) is 2.97. The Morgan fingerprint density at radius 3 is 2.05 bits per heavy atom. The van der Waals surface area contributed by atoms with Gasteiger partial charge in [-0.1, -0.05) is 99.6 Å². The van der Waals surface area contributed by atoms with Crippen molar-refractivity contribution in [3.05, 3.63) is 101 Å². The van der Waals surface area contributed by atoms with Crippen LogP contribution in [-0.2, 0) is 20.3 Å². The molecule has 0 bridgehead atoms. The summed E-state index contributed by atoms with van der Waals surface area (Å²) in [5, 5.41) is 13.4. The smallest absolute Gasteiger partial charge is 0.410 e. The molecule has 1 saturated heterocycles. The second-order valence-electron chi connectivity index (χ2n) is 13.2. The highest BCUT2D eigenvalue weighted by Gasteiger charge is 2.51. The summed E-state index contributed by atoms with van der Waals surface area (Å²) in [4.78, 5) is 26.0. The van der Waals surface area contributed by atoms with Crippen LogP contribution in [0.25, 0.3) is 0 Å². The normalized spacial score (nSPS) is 18.5. The number of carbonyl (C=O) groups is 1. The van der Waals surface area contributed by atoms with Crippen LogP contribution >= 0.6 is 0 Å². The zero-order chi connectivity index (χ0) is 32.1. The van der Waals surface area contributed by atoms with Gasteiger partial charge in [0.15, 0.2) is 0 Å². The number of para-hydroxylation sites is 1. The summed E-state index contributed by atoms with van der Waals surface area (Å²) < 4.78 is 34.6. The van der Waals surface area contributed by atoms with Crippen molar-refractivity contribution in [3.8, 4) is 0 Å². The van der Waals surface area contributed by atoms with Gasteiger partial charge in [-0.2, -0.15) is 0 Å². The van der Waals surface area contributed by atoms with E-state index in [9.17, 15) is 14.9 Å². The summed E-state index contributed by atoms with van der Waals surface area (Å²) >= 11 is 0. The Bertz CT molecular complexity index is 1370. The Morgan fingerprint density at radius 1 is 0.977 bits per heavy atom. The van der Waals surface area contributed by atoms with Gasteiger partial charge in [-0.15, -0.1) is 0 Å². The molecule has 0 aromatic heterocycles. The molecule has 1 heterocycles. The molecule has 8 nitrogen and oxygen atoms in total. The van der Waals surface area contributed by atoms with Crippen LogP contribution in [-0.4, -0.2) is 67.9 Å². The third-order valence-electron chi connectivity index (χ3n) is 7.86. The van der Waals surface area contributed by atoms with Gasteiger partial charge in [0.05, 0.1) is 30.7 Å². The minimum atomic E-state index is -2.92. The maximum absolute atomic E-state index is 15.7. The van der Waals surface area contributed by atoms with Crippen LogP contribution < -0.4 is 10.4 Å². The van der Waals surface area contributed by atoms with Crippen LogP contribution in [0.3, 0.4) is 0 Å². The Hall–Kier alpha value is -3.60. The molecule has 10 heteroatoms. The Morgan fingerprint density at radius 2 is 1.52 bits per heavy atom. The number of alkyl halides is 1. The molecular formula is C34H43FN2O6Si. The number of nitro benzene ring substituents is 1. The number of carbonyl (C=O) groups excluding carboxylic acids is 1. The lowest BCUT2D eigenvalue weighted by Gasteiger charge is -2.46. The number of amides is 1. The molecule has 0 radical (unpaired) electrons. The molecule has 4 rings (SSSR count). The van der Waals surface area contributed by atoms with Gasteiger partial charge in [0.25, 0.3) is 14.0 Å². The molecule has 1 aliphatic rings. The van der Waals surface area contributed by atoms with Crippen molar-refractivity contribution < 1.29 is 28.0 Å². The number of hydrogen-bond acceptors (Lipinski definition) is 6. The largest absolute Gasteiger partial charge is 0.444 e. The third kappa shape index (κ3) is 7.54. The highest BCUT2D eigenvalue weighted by atomic mass is 28.4. The molecule has 1 fully saturated rings. The monoisotopic (exact) mass is 622 g/mol. The fraction of sp³-hybridized carbons (Fsp3) is 0.441. The quantitative estimate of drug-likeness (QED) is 0.164. The third-order valence-corrected chi connectivity index (χ3v) is 12.9. The summed E-state index contributed by atoms with van der Waals surface area (Å²) in [6, 6.07) is 25.9. The predicted molar refractivity (Wildman–Crippen MR) is 172 cm³/mol. The average molecular weight is 623 g/mol. The zero-order valence-electron chi connectivity index (χ0n) is 26.4. The van der Waals surface area contributed by atoms with E-state index >= 15 is 4.39 Å².